The fourth-order valence-electron chi connectivity index (χ4n) is 5.53. The van der Waals surface area contributed by atoms with Crippen molar-refractivity contribution in [1.82, 2.24) is 9.47 Å². The summed E-state index contributed by atoms with van der Waals surface area (Å²) in [4.78, 5) is 29.0. The highest BCUT2D eigenvalue weighted by Gasteiger charge is 2.50. The molecule has 0 atom stereocenters. The quantitative estimate of drug-likeness (QED) is 0.480. The Morgan fingerprint density at radius 3 is 2.32 bits per heavy atom. The van der Waals surface area contributed by atoms with Crippen molar-refractivity contribution >= 4 is 11.6 Å². The number of halogens is 5. The second kappa shape index (κ2) is 10.4. The molecule has 1 aromatic carbocycles. The maximum atomic E-state index is 15.5. The summed E-state index contributed by atoms with van der Waals surface area (Å²) in [6.45, 7) is 3.03. The number of pyridine rings is 1. The standard InChI is InChI=1S/C26H31F5N4O2/c1-3-17-19(23(32)36)21(33-14-8-12-34(2)13-9-14)18(15-6-4-7-16(20(15)27)22(28)29)24(37)35(17)26(25(30)31)10-5-11-26/h4,6-7,14,22,25,33H,3,5,8-13H2,1-2H3,(H2,32,36). The van der Waals surface area contributed by atoms with E-state index >= 15 is 4.39 Å². The zero-order chi connectivity index (χ0) is 27.1. The van der Waals surface area contributed by atoms with E-state index in [9.17, 15) is 27.2 Å². The molecule has 3 N–H and O–H groups in total. The van der Waals surface area contributed by atoms with E-state index in [2.05, 4.69) is 10.2 Å². The monoisotopic (exact) mass is 526 g/mol. The number of benzene rings is 1. The average molecular weight is 527 g/mol. The van der Waals surface area contributed by atoms with Crippen LogP contribution >= 0.6 is 0 Å². The number of anilines is 1. The Kier molecular flexibility index (Phi) is 7.64. The smallest absolute Gasteiger partial charge is 0.266 e. The number of alkyl halides is 4. The van der Waals surface area contributed by atoms with E-state index in [-0.39, 0.29) is 42.2 Å². The van der Waals surface area contributed by atoms with Crippen LogP contribution in [-0.4, -0.2) is 48.0 Å². The Bertz CT molecular complexity index is 1230. The van der Waals surface area contributed by atoms with Gasteiger partial charge in [-0.25, -0.2) is 22.0 Å². The van der Waals surface area contributed by atoms with Crippen molar-refractivity contribution in [2.75, 3.05) is 25.5 Å². The number of amides is 1. The van der Waals surface area contributed by atoms with Gasteiger partial charge >= 0.3 is 0 Å². The zero-order valence-electron chi connectivity index (χ0n) is 20.8. The van der Waals surface area contributed by atoms with Crippen LogP contribution in [0.2, 0.25) is 0 Å². The van der Waals surface area contributed by atoms with Gasteiger partial charge in [0.05, 0.1) is 22.4 Å². The zero-order valence-corrected chi connectivity index (χ0v) is 20.8. The predicted octanol–water partition coefficient (Wildman–Crippen LogP) is 4.90. The minimum absolute atomic E-state index is 0.0174. The van der Waals surface area contributed by atoms with E-state index in [1.54, 1.807) is 6.92 Å². The second-order valence-electron chi connectivity index (χ2n) is 9.92. The number of carbonyl (C=O) groups is 1. The number of nitrogens with two attached hydrogens (primary N) is 1. The lowest BCUT2D eigenvalue weighted by molar-refractivity contribution is -0.0519. The largest absolute Gasteiger partial charge is 0.381 e. The summed E-state index contributed by atoms with van der Waals surface area (Å²) in [5, 5.41) is 3.17. The molecule has 0 bridgehead atoms. The van der Waals surface area contributed by atoms with Crippen molar-refractivity contribution in [3.8, 4) is 11.1 Å². The number of primary amides is 1. The highest BCUT2D eigenvalue weighted by Crippen LogP contribution is 2.46. The Morgan fingerprint density at radius 1 is 1.19 bits per heavy atom. The minimum atomic E-state index is -3.17. The molecule has 1 aliphatic carbocycles. The summed E-state index contributed by atoms with van der Waals surface area (Å²) in [7, 11) is 1.94. The molecule has 202 valence electrons. The number of rotatable bonds is 8. The molecule has 2 aliphatic rings. The number of hydrogen-bond donors (Lipinski definition) is 2. The third-order valence-electron chi connectivity index (χ3n) is 7.73. The fraction of sp³-hybridized carbons (Fsp3) is 0.538. The first-order valence-electron chi connectivity index (χ1n) is 12.5. The van der Waals surface area contributed by atoms with Crippen molar-refractivity contribution in [2.24, 2.45) is 5.73 Å². The molecule has 2 aromatic rings. The molecule has 1 amide bonds. The number of nitrogens with zero attached hydrogens (tertiary/aromatic N) is 2. The first-order valence-corrected chi connectivity index (χ1v) is 12.5. The van der Waals surface area contributed by atoms with Gasteiger partial charge in [0.1, 0.15) is 11.4 Å². The normalized spacial score (nSPS) is 18.3. The lowest BCUT2D eigenvalue weighted by atomic mass is 9.75. The predicted molar refractivity (Wildman–Crippen MR) is 131 cm³/mol. The molecular weight excluding hydrogens is 495 g/mol. The molecule has 0 radical (unpaired) electrons. The van der Waals surface area contributed by atoms with Crippen molar-refractivity contribution in [2.45, 2.75) is 69.9 Å². The molecule has 1 aromatic heterocycles. The van der Waals surface area contributed by atoms with Crippen LogP contribution in [0.15, 0.2) is 23.0 Å². The van der Waals surface area contributed by atoms with Crippen LogP contribution in [-0.2, 0) is 12.0 Å². The van der Waals surface area contributed by atoms with Gasteiger partial charge in [-0.05, 0) is 58.7 Å². The molecule has 37 heavy (non-hydrogen) atoms. The second-order valence-corrected chi connectivity index (χ2v) is 9.92. The molecule has 6 nitrogen and oxygen atoms in total. The van der Waals surface area contributed by atoms with Crippen molar-refractivity contribution in [3.05, 3.63) is 51.2 Å². The first kappa shape index (κ1) is 27.1. The molecular formula is C26H31F5N4O2. The van der Waals surface area contributed by atoms with Crippen molar-refractivity contribution in [1.29, 1.82) is 0 Å². The van der Waals surface area contributed by atoms with Crippen LogP contribution in [0.25, 0.3) is 11.1 Å². The lowest BCUT2D eigenvalue weighted by Crippen LogP contribution is -2.54. The van der Waals surface area contributed by atoms with Gasteiger partial charge in [0, 0.05) is 17.3 Å². The van der Waals surface area contributed by atoms with Gasteiger partial charge in [0.2, 0.25) is 0 Å². The number of carbonyl (C=O) groups excluding carboxylic acids is 1. The highest BCUT2D eigenvalue weighted by atomic mass is 19.3. The average Bonchev–Trinajstić information content (AvgIpc) is 2.81. The van der Waals surface area contributed by atoms with Crippen LogP contribution in [0, 0.1) is 5.82 Å². The number of nitrogens with one attached hydrogen (secondary N) is 1. The highest BCUT2D eigenvalue weighted by molar-refractivity contribution is 6.03. The van der Waals surface area contributed by atoms with E-state index in [0.29, 0.717) is 32.4 Å². The maximum Gasteiger partial charge on any atom is 0.266 e. The van der Waals surface area contributed by atoms with Gasteiger partial charge in [-0.2, -0.15) is 0 Å². The Balaban J connectivity index is 2.09. The topological polar surface area (TPSA) is 80.4 Å². The molecule has 1 saturated carbocycles. The van der Waals surface area contributed by atoms with Crippen LogP contribution in [0.1, 0.15) is 67.1 Å². The number of likely N-dealkylation sites (tertiary alicyclic amines) is 1. The van der Waals surface area contributed by atoms with E-state index in [1.807, 2.05) is 7.05 Å². The third-order valence-corrected chi connectivity index (χ3v) is 7.73. The van der Waals surface area contributed by atoms with Gasteiger partial charge in [-0.3, -0.25) is 14.2 Å². The number of piperidine rings is 1. The van der Waals surface area contributed by atoms with Gasteiger partial charge < -0.3 is 16.0 Å². The molecule has 0 unspecified atom stereocenters. The molecule has 1 saturated heterocycles. The molecule has 11 heteroatoms. The summed E-state index contributed by atoms with van der Waals surface area (Å²) in [5.74, 6) is -2.32. The SMILES string of the molecule is CCc1c(C(N)=O)c(NC2CCN(C)CC2)c(-c2cccc(C(F)F)c2F)c(=O)n1C1(C(F)F)CCC1. The Morgan fingerprint density at radius 2 is 1.84 bits per heavy atom. The maximum absolute atomic E-state index is 15.5. The van der Waals surface area contributed by atoms with Gasteiger partial charge in [-0.1, -0.05) is 25.1 Å². The summed E-state index contributed by atoms with van der Waals surface area (Å²) in [5.41, 5.74) is 0.837. The fourth-order valence-corrected chi connectivity index (χ4v) is 5.53. The van der Waals surface area contributed by atoms with Crippen LogP contribution in [0.4, 0.5) is 27.6 Å². The number of hydrogen-bond acceptors (Lipinski definition) is 4. The van der Waals surface area contributed by atoms with Crippen molar-refractivity contribution in [3.63, 3.8) is 0 Å². The molecule has 4 rings (SSSR count). The Labute approximate surface area is 211 Å². The van der Waals surface area contributed by atoms with E-state index in [4.69, 9.17) is 5.73 Å². The molecule has 0 spiro atoms. The number of aromatic nitrogens is 1. The third kappa shape index (κ3) is 4.62. The molecule has 2 fully saturated rings. The lowest BCUT2D eigenvalue weighted by Gasteiger charge is -2.45. The molecule has 1 aliphatic heterocycles. The van der Waals surface area contributed by atoms with Gasteiger partial charge in [-0.15, -0.1) is 0 Å². The van der Waals surface area contributed by atoms with Gasteiger partial charge in [0.15, 0.2) is 0 Å². The van der Waals surface area contributed by atoms with E-state index in [1.165, 1.54) is 6.07 Å². The summed E-state index contributed by atoms with van der Waals surface area (Å²) >= 11 is 0. The minimum Gasteiger partial charge on any atom is -0.381 e. The Hall–Kier alpha value is -2.95. The van der Waals surface area contributed by atoms with Crippen LogP contribution in [0.3, 0.4) is 0 Å². The summed E-state index contributed by atoms with van der Waals surface area (Å²) < 4.78 is 72.5. The molecule has 2 heterocycles. The van der Waals surface area contributed by atoms with Crippen molar-refractivity contribution < 1.29 is 26.7 Å². The summed E-state index contributed by atoms with van der Waals surface area (Å²) in [6, 6.07) is 2.98. The van der Waals surface area contributed by atoms with Gasteiger partial charge in [0.25, 0.3) is 24.3 Å². The first-order chi connectivity index (χ1) is 17.5. The summed E-state index contributed by atoms with van der Waals surface area (Å²) in [6.07, 6.45) is -4.43. The van der Waals surface area contributed by atoms with Crippen LogP contribution in [0.5, 0.6) is 0 Å². The van der Waals surface area contributed by atoms with Crippen LogP contribution < -0.4 is 16.6 Å². The van der Waals surface area contributed by atoms with E-state index in [0.717, 1.165) is 16.7 Å². The van der Waals surface area contributed by atoms with E-state index < -0.39 is 52.4 Å².